The van der Waals surface area contributed by atoms with Gasteiger partial charge in [0, 0.05) is 10.9 Å². The first-order chi connectivity index (χ1) is 9.34. The van der Waals surface area contributed by atoms with Crippen molar-refractivity contribution in [3.63, 3.8) is 0 Å². The van der Waals surface area contributed by atoms with E-state index in [1.54, 1.807) is 11.3 Å². The largest absolute Gasteiger partial charge is 0.305 e. The summed E-state index contributed by atoms with van der Waals surface area (Å²) >= 11 is 8.02. The van der Waals surface area contributed by atoms with E-state index < -0.39 is 0 Å². The van der Waals surface area contributed by atoms with E-state index in [4.69, 9.17) is 11.6 Å². The molecule has 4 rings (SSSR count). The van der Waals surface area contributed by atoms with Crippen LogP contribution in [0.15, 0.2) is 53.4 Å². The molecule has 3 heterocycles. The van der Waals surface area contributed by atoms with Crippen LogP contribution in [0.1, 0.15) is 0 Å². The molecule has 0 saturated heterocycles. The van der Waals surface area contributed by atoms with Gasteiger partial charge in [-0.05, 0) is 29.6 Å². The maximum absolute atomic E-state index is 6.34. The molecular formula is C15H9ClN2S. The zero-order valence-electron chi connectivity index (χ0n) is 9.88. The molecule has 0 radical (unpaired) electrons. The Kier molecular flexibility index (Phi) is 2.37. The zero-order valence-corrected chi connectivity index (χ0v) is 11.4. The van der Waals surface area contributed by atoms with Gasteiger partial charge in [0.05, 0.1) is 33.5 Å². The lowest BCUT2D eigenvalue weighted by Crippen LogP contribution is -1.92. The Labute approximate surface area is 118 Å². The average molecular weight is 285 g/mol. The van der Waals surface area contributed by atoms with E-state index in [0.717, 1.165) is 27.3 Å². The van der Waals surface area contributed by atoms with Crippen molar-refractivity contribution in [3.05, 3.63) is 58.4 Å². The van der Waals surface area contributed by atoms with Crippen LogP contribution >= 0.6 is 22.9 Å². The van der Waals surface area contributed by atoms with Gasteiger partial charge in [-0.3, -0.25) is 4.98 Å². The average Bonchev–Trinajstić information content (AvgIpc) is 3.07. The van der Waals surface area contributed by atoms with Crippen molar-refractivity contribution < 1.29 is 0 Å². The summed E-state index contributed by atoms with van der Waals surface area (Å²) in [5.41, 5.74) is 5.29. The Morgan fingerprint density at radius 1 is 1.11 bits per heavy atom. The summed E-state index contributed by atoms with van der Waals surface area (Å²) in [6, 6.07) is 12.2. The minimum Gasteiger partial charge on any atom is -0.305 e. The molecule has 19 heavy (non-hydrogen) atoms. The molecule has 0 spiro atoms. The van der Waals surface area contributed by atoms with Crippen LogP contribution in [0.2, 0.25) is 5.02 Å². The number of benzene rings is 1. The minimum absolute atomic E-state index is 0.736. The van der Waals surface area contributed by atoms with Crippen LogP contribution in [0.25, 0.3) is 27.8 Å². The van der Waals surface area contributed by atoms with Gasteiger partial charge in [-0.25, -0.2) is 0 Å². The summed E-state index contributed by atoms with van der Waals surface area (Å²) < 4.78 is 2.17. The number of nitrogens with zero attached hydrogens (tertiary/aromatic N) is 2. The molecule has 4 aromatic rings. The number of thiophene rings is 1. The van der Waals surface area contributed by atoms with Crippen molar-refractivity contribution in [2.75, 3.05) is 0 Å². The molecule has 1 aromatic carbocycles. The smallest absolute Gasteiger partial charge is 0.0871 e. The van der Waals surface area contributed by atoms with E-state index in [9.17, 15) is 0 Å². The van der Waals surface area contributed by atoms with Crippen LogP contribution in [0.3, 0.4) is 0 Å². The Morgan fingerprint density at radius 2 is 2.00 bits per heavy atom. The van der Waals surface area contributed by atoms with Gasteiger partial charge in [0.25, 0.3) is 0 Å². The molecule has 92 valence electrons. The molecule has 0 N–H and O–H groups in total. The summed E-state index contributed by atoms with van der Waals surface area (Å²) in [5.74, 6) is 0. The van der Waals surface area contributed by atoms with Crippen LogP contribution in [-0.2, 0) is 0 Å². The highest BCUT2D eigenvalue weighted by Crippen LogP contribution is 2.32. The first-order valence-electron chi connectivity index (χ1n) is 5.92. The zero-order chi connectivity index (χ0) is 12.8. The molecule has 4 heteroatoms. The van der Waals surface area contributed by atoms with Crippen molar-refractivity contribution in [1.82, 2.24) is 9.38 Å². The lowest BCUT2D eigenvalue weighted by atomic mass is 10.2. The van der Waals surface area contributed by atoms with Crippen LogP contribution < -0.4 is 0 Å². The fraction of sp³-hybridized carbons (Fsp3) is 0. The van der Waals surface area contributed by atoms with Gasteiger partial charge >= 0.3 is 0 Å². The highest BCUT2D eigenvalue weighted by Gasteiger charge is 2.12. The number of fused-ring (bicyclic) bond motifs is 3. The standard InChI is InChI=1S/C15H9ClN2S/c16-11-7-14(10-5-6-19-9-10)18-13-4-2-1-3-12(13)17-8-15(11)18/h1-9H. The maximum Gasteiger partial charge on any atom is 0.0871 e. The monoisotopic (exact) mass is 284 g/mol. The Morgan fingerprint density at radius 3 is 2.84 bits per heavy atom. The van der Waals surface area contributed by atoms with E-state index in [2.05, 4.69) is 32.3 Å². The van der Waals surface area contributed by atoms with Gasteiger partial charge < -0.3 is 4.40 Å². The second-order valence-corrected chi connectivity index (χ2v) is 5.54. The summed E-state index contributed by atoms with van der Waals surface area (Å²) in [7, 11) is 0. The maximum atomic E-state index is 6.34. The molecule has 0 saturated carbocycles. The Balaban J connectivity index is 2.23. The third kappa shape index (κ3) is 1.59. The first-order valence-corrected chi connectivity index (χ1v) is 7.24. The third-order valence-corrected chi connectivity index (χ3v) is 4.24. The highest BCUT2D eigenvalue weighted by molar-refractivity contribution is 7.08. The first kappa shape index (κ1) is 11.0. The molecule has 0 aliphatic carbocycles. The van der Waals surface area contributed by atoms with Crippen molar-refractivity contribution in [3.8, 4) is 11.3 Å². The van der Waals surface area contributed by atoms with Crippen LogP contribution in [0.4, 0.5) is 0 Å². The molecule has 0 amide bonds. The topological polar surface area (TPSA) is 17.3 Å². The summed E-state index contributed by atoms with van der Waals surface area (Å²) in [6.07, 6.45) is 1.83. The summed E-state index contributed by atoms with van der Waals surface area (Å²) in [6.45, 7) is 0. The van der Waals surface area contributed by atoms with Gasteiger partial charge in [-0.2, -0.15) is 11.3 Å². The van der Waals surface area contributed by atoms with E-state index in [1.165, 1.54) is 5.56 Å². The van der Waals surface area contributed by atoms with Crippen molar-refractivity contribution >= 4 is 39.5 Å². The molecule has 0 aliphatic rings. The lowest BCUT2D eigenvalue weighted by molar-refractivity contribution is 1.23. The van der Waals surface area contributed by atoms with E-state index in [-0.39, 0.29) is 0 Å². The van der Waals surface area contributed by atoms with Crippen LogP contribution in [0, 0.1) is 0 Å². The second-order valence-electron chi connectivity index (χ2n) is 4.36. The number of hydrogen-bond acceptors (Lipinski definition) is 2. The van der Waals surface area contributed by atoms with Gasteiger partial charge in [-0.1, -0.05) is 23.7 Å². The minimum atomic E-state index is 0.736. The third-order valence-electron chi connectivity index (χ3n) is 3.26. The molecule has 3 aromatic heterocycles. The van der Waals surface area contributed by atoms with E-state index in [1.807, 2.05) is 30.5 Å². The van der Waals surface area contributed by atoms with Gasteiger partial charge in [0.2, 0.25) is 0 Å². The fourth-order valence-electron chi connectivity index (χ4n) is 2.39. The summed E-state index contributed by atoms with van der Waals surface area (Å²) in [5, 5.41) is 4.94. The van der Waals surface area contributed by atoms with Crippen LogP contribution in [-0.4, -0.2) is 9.38 Å². The number of halogens is 1. The molecular weight excluding hydrogens is 276 g/mol. The number of para-hydroxylation sites is 2. The fourth-order valence-corrected chi connectivity index (χ4v) is 3.28. The van der Waals surface area contributed by atoms with Gasteiger partial charge in [-0.15, -0.1) is 0 Å². The normalized spacial score (nSPS) is 11.4. The van der Waals surface area contributed by atoms with Crippen molar-refractivity contribution in [2.24, 2.45) is 0 Å². The molecule has 0 atom stereocenters. The SMILES string of the molecule is Clc1cc(-c2ccsc2)n2c1cnc1ccccc12. The Bertz CT molecular complexity index is 878. The second kappa shape index (κ2) is 4.08. The number of rotatable bonds is 1. The predicted octanol–water partition coefficient (Wildman–Crippen LogP) is 4.87. The number of aromatic nitrogens is 2. The lowest BCUT2D eigenvalue weighted by Gasteiger charge is -2.05. The molecule has 0 fully saturated rings. The quantitative estimate of drug-likeness (QED) is 0.487. The molecule has 0 aliphatic heterocycles. The number of hydrogen-bond donors (Lipinski definition) is 0. The van der Waals surface area contributed by atoms with E-state index >= 15 is 0 Å². The molecule has 0 bridgehead atoms. The van der Waals surface area contributed by atoms with Crippen molar-refractivity contribution in [1.29, 1.82) is 0 Å². The highest BCUT2D eigenvalue weighted by atomic mass is 35.5. The molecule has 2 nitrogen and oxygen atoms in total. The van der Waals surface area contributed by atoms with Crippen molar-refractivity contribution in [2.45, 2.75) is 0 Å². The van der Waals surface area contributed by atoms with Crippen LogP contribution in [0.5, 0.6) is 0 Å². The summed E-state index contributed by atoms with van der Waals surface area (Å²) in [4.78, 5) is 4.46. The van der Waals surface area contributed by atoms with Gasteiger partial charge in [0.15, 0.2) is 0 Å². The van der Waals surface area contributed by atoms with E-state index in [0.29, 0.717) is 0 Å². The Hall–Kier alpha value is -1.84. The predicted molar refractivity (Wildman–Crippen MR) is 81.0 cm³/mol. The van der Waals surface area contributed by atoms with Gasteiger partial charge in [0.1, 0.15) is 0 Å². The molecule has 0 unspecified atom stereocenters.